The highest BCUT2D eigenvalue weighted by molar-refractivity contribution is 9.10. The van der Waals surface area contributed by atoms with E-state index in [1.54, 1.807) is 6.20 Å². The molecule has 6 heteroatoms. The van der Waals surface area contributed by atoms with Gasteiger partial charge in [-0.05, 0) is 29.9 Å². The van der Waals surface area contributed by atoms with Crippen LogP contribution in [-0.2, 0) is 11.3 Å². The van der Waals surface area contributed by atoms with Crippen LogP contribution in [0.1, 0.15) is 18.7 Å². The molecule has 0 bridgehead atoms. The fourth-order valence-electron chi connectivity index (χ4n) is 2.16. The second-order valence-corrected chi connectivity index (χ2v) is 5.25. The average Bonchev–Trinajstić information content (AvgIpc) is 2.69. The largest absolute Gasteiger partial charge is 0.374 e. The van der Waals surface area contributed by atoms with Gasteiger partial charge in [-0.15, -0.1) is 0 Å². The Morgan fingerprint density at radius 3 is 3.12 bits per heavy atom. The van der Waals surface area contributed by atoms with E-state index in [9.17, 15) is 0 Å². The summed E-state index contributed by atoms with van der Waals surface area (Å²) in [6.45, 7) is 5.45. The van der Waals surface area contributed by atoms with Crippen LogP contribution < -0.4 is 5.73 Å². The van der Waals surface area contributed by atoms with Gasteiger partial charge in [0.2, 0.25) is 0 Å². The molecular weight excluding hydrogens is 284 g/mol. The molecule has 1 aromatic rings. The number of nitrogens with zero attached hydrogens (tertiary/aromatic N) is 3. The van der Waals surface area contributed by atoms with E-state index < -0.39 is 0 Å². The first-order valence-corrected chi connectivity index (χ1v) is 6.69. The molecule has 0 aliphatic carbocycles. The van der Waals surface area contributed by atoms with Crippen LogP contribution in [-0.4, -0.2) is 47.5 Å². The Balaban J connectivity index is 2.17. The van der Waals surface area contributed by atoms with Gasteiger partial charge in [-0.3, -0.25) is 4.68 Å². The number of aryl methyl sites for hydroxylation is 1. The third kappa shape index (κ3) is 2.70. The van der Waals surface area contributed by atoms with E-state index in [1.165, 1.54) is 0 Å². The van der Waals surface area contributed by atoms with E-state index >= 15 is 0 Å². The molecule has 2 N–H and O–H groups in total. The first-order chi connectivity index (χ1) is 8.13. The van der Waals surface area contributed by atoms with Crippen molar-refractivity contribution in [3.05, 3.63) is 16.4 Å². The van der Waals surface area contributed by atoms with E-state index in [4.69, 9.17) is 10.5 Å². The van der Waals surface area contributed by atoms with Crippen LogP contribution in [0.25, 0.3) is 0 Å². The van der Waals surface area contributed by atoms with Gasteiger partial charge in [-0.1, -0.05) is 0 Å². The highest BCUT2D eigenvalue weighted by Crippen LogP contribution is 2.26. The minimum absolute atomic E-state index is 0.0343. The molecule has 0 amide bonds. The molecule has 0 aromatic carbocycles. The maximum atomic E-state index is 6.31. The predicted octanol–water partition coefficient (Wildman–Crippen LogP) is 0.996. The summed E-state index contributed by atoms with van der Waals surface area (Å²) >= 11 is 3.51. The van der Waals surface area contributed by atoms with Gasteiger partial charge in [0.15, 0.2) is 0 Å². The fraction of sp³-hybridized carbons (Fsp3) is 0.727. The second-order valence-electron chi connectivity index (χ2n) is 4.39. The molecular formula is C11H19BrN4O. The maximum absolute atomic E-state index is 6.31. The summed E-state index contributed by atoms with van der Waals surface area (Å²) in [4.78, 5) is 2.24. The van der Waals surface area contributed by atoms with Crippen LogP contribution in [0.15, 0.2) is 10.7 Å². The van der Waals surface area contributed by atoms with E-state index in [1.807, 2.05) is 4.68 Å². The Morgan fingerprint density at radius 2 is 2.47 bits per heavy atom. The van der Waals surface area contributed by atoms with Crippen molar-refractivity contribution in [1.82, 2.24) is 14.7 Å². The molecule has 2 unspecified atom stereocenters. The zero-order valence-electron chi connectivity index (χ0n) is 10.3. The quantitative estimate of drug-likeness (QED) is 0.905. The number of hydrogen-bond acceptors (Lipinski definition) is 4. The van der Waals surface area contributed by atoms with Crippen LogP contribution in [0.2, 0.25) is 0 Å². The first kappa shape index (κ1) is 13.0. The third-order valence-corrected chi connectivity index (χ3v) is 3.76. The Hall–Kier alpha value is -0.430. The number of ether oxygens (including phenoxy) is 1. The zero-order valence-corrected chi connectivity index (χ0v) is 11.9. The standard InChI is InChI=1S/C11H19BrN4O/c1-3-16-11(8(12)6-14-16)10(13)9-7-15(2)4-5-17-9/h6,9-10H,3-5,7,13H2,1-2H3. The Kier molecular flexibility index (Phi) is 4.19. The van der Waals surface area contributed by atoms with Gasteiger partial charge in [-0.2, -0.15) is 5.10 Å². The molecule has 1 saturated heterocycles. The first-order valence-electron chi connectivity index (χ1n) is 5.90. The van der Waals surface area contributed by atoms with Gasteiger partial charge in [0.25, 0.3) is 0 Å². The van der Waals surface area contributed by atoms with Crippen molar-refractivity contribution in [2.75, 3.05) is 26.7 Å². The minimum atomic E-state index is -0.144. The van der Waals surface area contributed by atoms with Crippen LogP contribution in [0.4, 0.5) is 0 Å². The Labute approximate surface area is 110 Å². The van der Waals surface area contributed by atoms with E-state index in [2.05, 4.69) is 39.9 Å². The van der Waals surface area contributed by atoms with Crippen molar-refractivity contribution >= 4 is 15.9 Å². The fourth-order valence-corrected chi connectivity index (χ4v) is 2.72. The average molecular weight is 303 g/mol. The summed E-state index contributed by atoms with van der Waals surface area (Å²) in [6.07, 6.45) is 1.83. The summed E-state index contributed by atoms with van der Waals surface area (Å²) in [7, 11) is 2.09. The lowest BCUT2D eigenvalue weighted by Crippen LogP contribution is -2.45. The van der Waals surface area contributed by atoms with Crippen LogP contribution in [0.3, 0.4) is 0 Å². The molecule has 96 valence electrons. The predicted molar refractivity (Wildman–Crippen MR) is 69.8 cm³/mol. The summed E-state index contributed by atoms with van der Waals surface area (Å²) in [5.74, 6) is 0. The molecule has 17 heavy (non-hydrogen) atoms. The zero-order chi connectivity index (χ0) is 12.4. The number of aromatic nitrogens is 2. The minimum Gasteiger partial charge on any atom is -0.374 e. The highest BCUT2D eigenvalue weighted by atomic mass is 79.9. The molecule has 1 fully saturated rings. The van der Waals surface area contributed by atoms with Crippen LogP contribution in [0.5, 0.6) is 0 Å². The van der Waals surface area contributed by atoms with Crippen LogP contribution >= 0.6 is 15.9 Å². The summed E-state index contributed by atoms with van der Waals surface area (Å²) in [5, 5.41) is 4.29. The summed E-state index contributed by atoms with van der Waals surface area (Å²) in [6, 6.07) is -0.144. The molecule has 0 saturated carbocycles. The van der Waals surface area contributed by atoms with Crippen molar-refractivity contribution in [2.24, 2.45) is 5.73 Å². The van der Waals surface area contributed by atoms with Gasteiger partial charge in [0, 0.05) is 19.6 Å². The van der Waals surface area contributed by atoms with Gasteiger partial charge in [-0.25, -0.2) is 0 Å². The number of nitrogens with two attached hydrogens (primary N) is 1. The Bertz CT molecular complexity index is 382. The lowest BCUT2D eigenvalue weighted by atomic mass is 10.1. The van der Waals surface area contributed by atoms with E-state index in [-0.39, 0.29) is 12.1 Å². The number of rotatable bonds is 3. The molecule has 1 aromatic heterocycles. The van der Waals surface area contributed by atoms with Crippen molar-refractivity contribution in [2.45, 2.75) is 25.6 Å². The molecule has 1 aliphatic heterocycles. The second kappa shape index (κ2) is 5.48. The van der Waals surface area contributed by atoms with E-state index in [0.717, 1.165) is 36.4 Å². The Morgan fingerprint density at radius 1 is 1.71 bits per heavy atom. The van der Waals surface area contributed by atoms with Crippen molar-refractivity contribution in [3.8, 4) is 0 Å². The van der Waals surface area contributed by atoms with Gasteiger partial charge >= 0.3 is 0 Å². The number of morpholine rings is 1. The van der Waals surface area contributed by atoms with Crippen molar-refractivity contribution in [3.63, 3.8) is 0 Å². The molecule has 5 nitrogen and oxygen atoms in total. The molecule has 2 heterocycles. The molecule has 0 radical (unpaired) electrons. The van der Waals surface area contributed by atoms with Crippen molar-refractivity contribution in [1.29, 1.82) is 0 Å². The number of likely N-dealkylation sites (N-methyl/N-ethyl adjacent to an activating group) is 1. The smallest absolute Gasteiger partial charge is 0.0910 e. The van der Waals surface area contributed by atoms with Gasteiger partial charge < -0.3 is 15.4 Å². The van der Waals surface area contributed by atoms with Gasteiger partial charge in [0.1, 0.15) is 0 Å². The highest BCUT2D eigenvalue weighted by Gasteiger charge is 2.28. The lowest BCUT2D eigenvalue weighted by molar-refractivity contribution is -0.0339. The number of halogens is 1. The number of hydrogen-bond donors (Lipinski definition) is 1. The monoisotopic (exact) mass is 302 g/mol. The summed E-state index contributed by atoms with van der Waals surface area (Å²) < 4.78 is 8.64. The summed E-state index contributed by atoms with van der Waals surface area (Å²) in [5.41, 5.74) is 7.33. The van der Waals surface area contributed by atoms with E-state index in [0.29, 0.717) is 0 Å². The topological polar surface area (TPSA) is 56.3 Å². The normalized spacial score (nSPS) is 23.9. The lowest BCUT2D eigenvalue weighted by Gasteiger charge is -2.33. The molecule has 0 spiro atoms. The molecule has 1 aliphatic rings. The third-order valence-electron chi connectivity index (χ3n) is 3.15. The SMILES string of the molecule is CCn1ncc(Br)c1C(N)C1CN(C)CCO1. The van der Waals surface area contributed by atoms with Gasteiger partial charge in [0.05, 0.1) is 35.1 Å². The molecule has 2 rings (SSSR count). The molecule has 2 atom stereocenters. The maximum Gasteiger partial charge on any atom is 0.0910 e. The van der Waals surface area contributed by atoms with Crippen LogP contribution in [0, 0.1) is 0 Å². The van der Waals surface area contributed by atoms with Crippen molar-refractivity contribution < 1.29 is 4.74 Å².